The first-order valence-corrected chi connectivity index (χ1v) is 7.67. The summed E-state index contributed by atoms with van der Waals surface area (Å²) in [6.07, 6.45) is 7.44. The van der Waals surface area contributed by atoms with E-state index in [9.17, 15) is 0 Å². The maximum Gasteiger partial charge on any atom is 0.0707 e. The van der Waals surface area contributed by atoms with Crippen molar-refractivity contribution in [3.63, 3.8) is 0 Å². The fourth-order valence-corrected chi connectivity index (χ4v) is 3.21. The average Bonchev–Trinajstić information content (AvgIpc) is 2.81. The van der Waals surface area contributed by atoms with E-state index in [1.807, 2.05) is 7.05 Å². The Kier molecular flexibility index (Phi) is 5.05. The highest BCUT2D eigenvalue weighted by molar-refractivity contribution is 4.84. The Morgan fingerprint density at radius 1 is 1.22 bits per heavy atom. The monoisotopic (exact) mass is 254 g/mol. The number of likely N-dealkylation sites (N-methyl/N-ethyl adjacent to an activating group) is 1. The van der Waals surface area contributed by atoms with Gasteiger partial charge in [-0.3, -0.25) is 0 Å². The minimum atomic E-state index is 0.450. The van der Waals surface area contributed by atoms with Crippen LogP contribution in [0.15, 0.2) is 0 Å². The molecule has 0 aliphatic carbocycles. The molecule has 2 aliphatic heterocycles. The molecule has 2 saturated heterocycles. The molecule has 0 spiro atoms. The van der Waals surface area contributed by atoms with Crippen LogP contribution in [0.4, 0.5) is 0 Å². The fraction of sp³-hybridized carbons (Fsp3) is 1.00. The second-order valence-electron chi connectivity index (χ2n) is 6.48. The molecule has 0 bridgehead atoms. The zero-order valence-corrected chi connectivity index (χ0v) is 12.4. The molecule has 0 amide bonds. The van der Waals surface area contributed by atoms with Crippen LogP contribution in [0, 0.1) is 5.41 Å². The van der Waals surface area contributed by atoms with Crippen LogP contribution in [0.3, 0.4) is 0 Å². The Hall–Kier alpha value is -0.120. The van der Waals surface area contributed by atoms with Gasteiger partial charge in [0.1, 0.15) is 0 Å². The van der Waals surface area contributed by atoms with E-state index in [1.165, 1.54) is 45.2 Å². The predicted octanol–water partition coefficient (Wildman–Crippen LogP) is 2.27. The Labute approximate surface area is 112 Å². The zero-order valence-electron chi connectivity index (χ0n) is 12.4. The minimum absolute atomic E-state index is 0.450. The molecule has 2 rings (SSSR count). The summed E-state index contributed by atoms with van der Waals surface area (Å²) in [5, 5.41) is 3.21. The Bertz CT molecular complexity index is 249. The van der Waals surface area contributed by atoms with E-state index in [4.69, 9.17) is 4.74 Å². The van der Waals surface area contributed by atoms with Crippen LogP contribution in [0.5, 0.6) is 0 Å². The van der Waals surface area contributed by atoms with Gasteiger partial charge in [0.15, 0.2) is 0 Å². The van der Waals surface area contributed by atoms with Gasteiger partial charge in [0.2, 0.25) is 0 Å². The lowest BCUT2D eigenvalue weighted by molar-refractivity contribution is 0.00984. The highest BCUT2D eigenvalue weighted by atomic mass is 16.5. The van der Waals surface area contributed by atoms with Gasteiger partial charge in [-0.05, 0) is 51.2 Å². The van der Waals surface area contributed by atoms with Gasteiger partial charge >= 0.3 is 0 Å². The molecule has 0 saturated carbocycles. The van der Waals surface area contributed by atoms with Crippen LogP contribution < -0.4 is 5.32 Å². The molecule has 106 valence electrons. The Morgan fingerprint density at radius 2 is 1.89 bits per heavy atom. The number of ether oxygens (including phenoxy) is 1. The van der Waals surface area contributed by atoms with Crippen LogP contribution in [0.2, 0.25) is 0 Å². The van der Waals surface area contributed by atoms with Gasteiger partial charge in [-0.1, -0.05) is 20.3 Å². The second-order valence-corrected chi connectivity index (χ2v) is 6.48. The van der Waals surface area contributed by atoms with E-state index in [1.54, 1.807) is 0 Å². The molecule has 18 heavy (non-hydrogen) atoms. The lowest BCUT2D eigenvalue weighted by Gasteiger charge is -2.39. The third kappa shape index (κ3) is 3.69. The van der Waals surface area contributed by atoms with Crippen molar-refractivity contribution in [3.05, 3.63) is 0 Å². The fourth-order valence-electron chi connectivity index (χ4n) is 3.21. The van der Waals surface area contributed by atoms with Crippen LogP contribution in [0.1, 0.15) is 46.0 Å². The van der Waals surface area contributed by atoms with Crippen molar-refractivity contribution in [2.24, 2.45) is 5.41 Å². The third-order valence-corrected chi connectivity index (χ3v) is 5.01. The molecule has 0 aromatic rings. The lowest BCUT2D eigenvalue weighted by atomic mass is 9.78. The molecule has 2 atom stereocenters. The van der Waals surface area contributed by atoms with Crippen molar-refractivity contribution in [1.82, 2.24) is 10.2 Å². The number of piperidine rings is 1. The number of nitrogens with zero attached hydrogens (tertiary/aromatic N) is 1. The molecule has 2 heterocycles. The van der Waals surface area contributed by atoms with E-state index in [2.05, 4.69) is 24.1 Å². The van der Waals surface area contributed by atoms with E-state index in [0.717, 1.165) is 13.1 Å². The normalized spacial score (nSPS) is 32.8. The molecule has 3 heteroatoms. The van der Waals surface area contributed by atoms with Crippen molar-refractivity contribution >= 4 is 0 Å². The number of likely N-dealkylation sites (tertiary alicyclic amines) is 1. The van der Waals surface area contributed by atoms with Crippen LogP contribution in [-0.4, -0.2) is 50.3 Å². The lowest BCUT2D eigenvalue weighted by Crippen LogP contribution is -2.42. The highest BCUT2D eigenvalue weighted by Crippen LogP contribution is 2.34. The summed E-state index contributed by atoms with van der Waals surface area (Å²) in [7, 11) is 2.01. The molecule has 2 aliphatic rings. The van der Waals surface area contributed by atoms with Gasteiger partial charge in [-0.2, -0.15) is 0 Å². The maximum absolute atomic E-state index is 6.08. The molecular weight excluding hydrogens is 224 g/mol. The Balaban J connectivity index is 1.69. The second kappa shape index (κ2) is 6.36. The van der Waals surface area contributed by atoms with Crippen molar-refractivity contribution in [1.29, 1.82) is 0 Å². The van der Waals surface area contributed by atoms with Crippen molar-refractivity contribution in [2.45, 2.75) is 58.2 Å². The standard InChI is InChI=1S/C15H30N2O/c1-4-15(2)7-9-17(10-8-15)12-14-6-5-13(18-14)11-16-3/h13-14,16H,4-12H2,1-3H3. The van der Waals surface area contributed by atoms with E-state index in [-0.39, 0.29) is 0 Å². The van der Waals surface area contributed by atoms with Gasteiger partial charge < -0.3 is 15.0 Å². The molecule has 0 aromatic heterocycles. The SMILES string of the molecule is CCC1(C)CCN(CC2CCC(CNC)O2)CC1. The minimum Gasteiger partial charge on any atom is -0.372 e. The average molecular weight is 254 g/mol. The topological polar surface area (TPSA) is 24.5 Å². The number of hydrogen-bond donors (Lipinski definition) is 1. The number of nitrogens with one attached hydrogen (secondary N) is 1. The van der Waals surface area contributed by atoms with Crippen molar-refractivity contribution in [2.75, 3.05) is 33.2 Å². The number of rotatable bonds is 5. The van der Waals surface area contributed by atoms with Crippen LogP contribution in [0.25, 0.3) is 0 Å². The first kappa shape index (κ1) is 14.3. The van der Waals surface area contributed by atoms with Gasteiger partial charge in [0.25, 0.3) is 0 Å². The largest absolute Gasteiger partial charge is 0.372 e. The van der Waals surface area contributed by atoms with Crippen LogP contribution >= 0.6 is 0 Å². The summed E-state index contributed by atoms with van der Waals surface area (Å²) in [6, 6.07) is 0. The summed E-state index contributed by atoms with van der Waals surface area (Å²) in [6.45, 7) is 9.46. The summed E-state index contributed by atoms with van der Waals surface area (Å²) < 4.78 is 6.08. The van der Waals surface area contributed by atoms with E-state index >= 15 is 0 Å². The highest BCUT2D eigenvalue weighted by Gasteiger charge is 2.31. The quantitative estimate of drug-likeness (QED) is 0.814. The summed E-state index contributed by atoms with van der Waals surface area (Å²) >= 11 is 0. The van der Waals surface area contributed by atoms with E-state index in [0.29, 0.717) is 17.6 Å². The summed E-state index contributed by atoms with van der Waals surface area (Å²) in [5.74, 6) is 0. The van der Waals surface area contributed by atoms with Crippen molar-refractivity contribution < 1.29 is 4.74 Å². The summed E-state index contributed by atoms with van der Waals surface area (Å²) in [4.78, 5) is 2.61. The smallest absolute Gasteiger partial charge is 0.0707 e. The van der Waals surface area contributed by atoms with Gasteiger partial charge in [0.05, 0.1) is 12.2 Å². The predicted molar refractivity (Wildman–Crippen MR) is 75.9 cm³/mol. The molecule has 1 N–H and O–H groups in total. The number of hydrogen-bond acceptors (Lipinski definition) is 3. The molecule has 0 radical (unpaired) electrons. The Morgan fingerprint density at radius 3 is 2.50 bits per heavy atom. The first-order chi connectivity index (χ1) is 8.65. The molecule has 2 fully saturated rings. The van der Waals surface area contributed by atoms with Gasteiger partial charge in [0, 0.05) is 13.1 Å². The first-order valence-electron chi connectivity index (χ1n) is 7.67. The third-order valence-electron chi connectivity index (χ3n) is 5.01. The molecule has 0 aromatic carbocycles. The van der Waals surface area contributed by atoms with Gasteiger partial charge in [-0.25, -0.2) is 0 Å². The molecule has 3 nitrogen and oxygen atoms in total. The summed E-state index contributed by atoms with van der Waals surface area (Å²) in [5.41, 5.74) is 0.599. The maximum atomic E-state index is 6.08. The van der Waals surface area contributed by atoms with Crippen molar-refractivity contribution in [3.8, 4) is 0 Å². The zero-order chi connectivity index (χ0) is 13.0. The van der Waals surface area contributed by atoms with Crippen LogP contribution in [-0.2, 0) is 4.74 Å². The molecular formula is C15H30N2O. The van der Waals surface area contributed by atoms with E-state index < -0.39 is 0 Å². The van der Waals surface area contributed by atoms with Gasteiger partial charge in [-0.15, -0.1) is 0 Å². The molecule has 2 unspecified atom stereocenters.